The average Bonchev–Trinajstić information content (AvgIpc) is 2.92. The van der Waals surface area contributed by atoms with Crippen molar-refractivity contribution < 1.29 is 9.23 Å². The van der Waals surface area contributed by atoms with Gasteiger partial charge in [0.25, 0.3) is 7.41 Å². The highest BCUT2D eigenvalue weighted by Gasteiger charge is 2.19. The van der Waals surface area contributed by atoms with Crippen LogP contribution in [0.15, 0.2) is 42.5 Å². The molecular formula is C15H15BFNO. The topological polar surface area (TPSA) is 12.5 Å². The van der Waals surface area contributed by atoms with Crippen LogP contribution in [-0.4, -0.2) is 14.0 Å². The fourth-order valence-electron chi connectivity index (χ4n) is 2.39. The van der Waals surface area contributed by atoms with Gasteiger partial charge in [0.15, 0.2) is 0 Å². The highest BCUT2D eigenvalue weighted by molar-refractivity contribution is 6.41. The molecule has 1 fully saturated rings. The van der Waals surface area contributed by atoms with Crippen molar-refractivity contribution >= 4 is 13.1 Å². The zero-order chi connectivity index (χ0) is 13.2. The van der Waals surface area contributed by atoms with E-state index in [2.05, 4.69) is 12.1 Å². The van der Waals surface area contributed by atoms with Crippen molar-refractivity contribution in [3.8, 4) is 11.1 Å². The smallest absolute Gasteiger partial charge is 0.275 e. The van der Waals surface area contributed by atoms with Crippen LogP contribution in [0, 0.1) is 12.7 Å². The second-order valence-corrected chi connectivity index (χ2v) is 4.82. The zero-order valence-electron chi connectivity index (χ0n) is 10.9. The van der Waals surface area contributed by atoms with E-state index in [1.165, 1.54) is 6.07 Å². The number of rotatable bonds is 2. The molecule has 0 spiro atoms. The van der Waals surface area contributed by atoms with Gasteiger partial charge in [-0.2, -0.15) is 0 Å². The van der Waals surface area contributed by atoms with E-state index >= 15 is 0 Å². The van der Waals surface area contributed by atoms with Crippen molar-refractivity contribution in [1.82, 2.24) is 0 Å². The van der Waals surface area contributed by atoms with Crippen LogP contribution in [0.3, 0.4) is 0 Å². The molecule has 0 N–H and O–H groups in total. The van der Waals surface area contributed by atoms with E-state index in [1.54, 1.807) is 12.1 Å². The summed E-state index contributed by atoms with van der Waals surface area (Å²) in [6.45, 7) is 2.79. The molecule has 2 nitrogen and oxygen atoms in total. The van der Waals surface area contributed by atoms with Crippen LogP contribution in [0.2, 0.25) is 6.32 Å². The molecule has 3 rings (SSSR count). The quantitative estimate of drug-likeness (QED) is 0.763. The van der Waals surface area contributed by atoms with E-state index in [-0.39, 0.29) is 5.82 Å². The summed E-state index contributed by atoms with van der Waals surface area (Å²) in [4.78, 5) is 7.51. The Morgan fingerprint density at radius 2 is 2.11 bits per heavy atom. The number of benzene rings is 2. The van der Waals surface area contributed by atoms with Crippen molar-refractivity contribution in [1.29, 1.82) is 0 Å². The van der Waals surface area contributed by atoms with Gasteiger partial charge in [-0.3, -0.25) is 4.84 Å². The normalized spacial score (nSPS) is 14.5. The predicted molar refractivity (Wildman–Crippen MR) is 77.0 cm³/mol. The highest BCUT2D eigenvalue weighted by atomic mass is 19.1. The van der Waals surface area contributed by atoms with E-state index in [9.17, 15) is 4.39 Å². The first-order valence-electron chi connectivity index (χ1n) is 6.51. The first kappa shape index (κ1) is 12.2. The van der Waals surface area contributed by atoms with E-state index < -0.39 is 0 Å². The molecule has 2 aromatic carbocycles. The van der Waals surface area contributed by atoms with Crippen molar-refractivity contribution in [2.75, 3.05) is 11.6 Å². The first-order valence-corrected chi connectivity index (χ1v) is 6.51. The Labute approximate surface area is 113 Å². The third-order valence-electron chi connectivity index (χ3n) is 3.31. The monoisotopic (exact) mass is 255 g/mol. The van der Waals surface area contributed by atoms with Gasteiger partial charge in [0.05, 0.1) is 12.3 Å². The molecule has 1 heterocycles. The predicted octanol–water partition coefficient (Wildman–Crippen LogP) is 3.32. The Kier molecular flexibility index (Phi) is 3.26. The minimum absolute atomic E-state index is 0.215. The molecule has 96 valence electrons. The van der Waals surface area contributed by atoms with Crippen LogP contribution in [0.5, 0.6) is 0 Å². The summed E-state index contributed by atoms with van der Waals surface area (Å²) in [6, 6.07) is 12.9. The summed E-state index contributed by atoms with van der Waals surface area (Å²) in [5.41, 5.74) is 4.06. The largest absolute Gasteiger partial charge is 0.304 e. The van der Waals surface area contributed by atoms with Crippen molar-refractivity contribution in [3.05, 3.63) is 53.8 Å². The van der Waals surface area contributed by atoms with Crippen molar-refractivity contribution in [2.45, 2.75) is 13.2 Å². The highest BCUT2D eigenvalue weighted by Crippen LogP contribution is 2.33. The maximum Gasteiger partial charge on any atom is 0.275 e. The minimum atomic E-state index is -0.215. The van der Waals surface area contributed by atoms with Crippen LogP contribution in [0.1, 0.15) is 5.56 Å². The first-order chi connectivity index (χ1) is 9.24. The molecule has 1 aliphatic heterocycles. The number of hydrogen-bond acceptors (Lipinski definition) is 2. The molecule has 2 aromatic rings. The summed E-state index contributed by atoms with van der Waals surface area (Å²) in [7, 11) is 0.880. The van der Waals surface area contributed by atoms with E-state index in [4.69, 9.17) is 4.84 Å². The Morgan fingerprint density at radius 1 is 1.21 bits per heavy atom. The Balaban J connectivity index is 2.10. The lowest BCUT2D eigenvalue weighted by Crippen LogP contribution is -2.19. The van der Waals surface area contributed by atoms with Gasteiger partial charge in [0, 0.05) is 5.56 Å². The molecule has 0 unspecified atom stereocenters. The minimum Gasteiger partial charge on any atom is -0.304 e. The fourth-order valence-corrected chi connectivity index (χ4v) is 2.39. The molecule has 4 heteroatoms. The van der Waals surface area contributed by atoms with Gasteiger partial charge in [-0.15, -0.1) is 0 Å². The molecule has 19 heavy (non-hydrogen) atoms. The van der Waals surface area contributed by atoms with Crippen molar-refractivity contribution in [3.63, 3.8) is 0 Å². The van der Waals surface area contributed by atoms with Gasteiger partial charge in [0.1, 0.15) is 5.82 Å². The molecule has 0 aliphatic carbocycles. The van der Waals surface area contributed by atoms with Gasteiger partial charge >= 0.3 is 0 Å². The molecule has 0 amide bonds. The van der Waals surface area contributed by atoms with E-state index in [0.717, 1.165) is 42.7 Å². The van der Waals surface area contributed by atoms with Gasteiger partial charge in [-0.05, 0) is 43.1 Å². The lowest BCUT2D eigenvalue weighted by molar-refractivity contribution is 0.185. The summed E-state index contributed by atoms with van der Waals surface area (Å²) in [5.74, 6) is -0.215. The lowest BCUT2D eigenvalue weighted by Gasteiger charge is -2.21. The molecule has 0 radical (unpaired) electrons. The lowest BCUT2D eigenvalue weighted by atomic mass is 9.88. The maximum atomic E-state index is 13.4. The zero-order valence-corrected chi connectivity index (χ0v) is 10.9. The van der Waals surface area contributed by atoms with Gasteiger partial charge in [-0.25, -0.2) is 4.39 Å². The van der Waals surface area contributed by atoms with Crippen LogP contribution in [-0.2, 0) is 4.84 Å². The van der Waals surface area contributed by atoms with Crippen LogP contribution >= 0.6 is 0 Å². The van der Waals surface area contributed by atoms with E-state index in [0.29, 0.717) is 0 Å². The summed E-state index contributed by atoms with van der Waals surface area (Å²) < 4.78 is 13.4. The number of anilines is 1. The van der Waals surface area contributed by atoms with Crippen molar-refractivity contribution in [2.24, 2.45) is 0 Å². The molecular weight excluding hydrogens is 240 g/mol. The number of nitrogens with zero attached hydrogens (tertiary/aromatic N) is 1. The fraction of sp³-hybridized carbons (Fsp3) is 0.200. The number of aryl methyl sites for hydroxylation is 1. The van der Waals surface area contributed by atoms with E-state index in [1.807, 2.05) is 24.0 Å². The molecule has 0 saturated carbocycles. The average molecular weight is 255 g/mol. The molecule has 1 aliphatic rings. The second kappa shape index (κ2) is 5.06. The third kappa shape index (κ3) is 2.49. The summed E-state index contributed by atoms with van der Waals surface area (Å²) in [5, 5.41) is 0. The Hall–Kier alpha value is -1.81. The molecule has 1 saturated heterocycles. The third-order valence-corrected chi connectivity index (χ3v) is 3.31. The van der Waals surface area contributed by atoms with Crippen LogP contribution in [0.4, 0.5) is 10.1 Å². The van der Waals surface area contributed by atoms with Gasteiger partial charge in [0.2, 0.25) is 0 Å². The summed E-state index contributed by atoms with van der Waals surface area (Å²) in [6.07, 6.45) is 1.02. The Bertz CT molecular complexity index is 596. The van der Waals surface area contributed by atoms with Gasteiger partial charge < -0.3 is 4.97 Å². The van der Waals surface area contributed by atoms with Crippen LogP contribution < -0.4 is 4.97 Å². The standard InChI is InChI=1S/C15H15BFNO/c1-11-5-6-15(18-16-7-8-19-18)14(9-11)12-3-2-4-13(17)10-12/h2-6,9-10,16H,7-8H2,1H3. The molecule has 0 bridgehead atoms. The second-order valence-electron chi connectivity index (χ2n) is 4.82. The number of halogens is 1. The van der Waals surface area contributed by atoms with Crippen LogP contribution in [0.25, 0.3) is 11.1 Å². The molecule has 0 atom stereocenters. The Morgan fingerprint density at radius 3 is 2.84 bits per heavy atom. The maximum absolute atomic E-state index is 13.4. The SMILES string of the molecule is Cc1ccc(N2BCCO2)c(-c2cccc(F)c2)c1. The summed E-state index contributed by atoms with van der Waals surface area (Å²) >= 11 is 0. The molecule has 0 aromatic heterocycles. The van der Waals surface area contributed by atoms with Gasteiger partial charge in [-0.1, -0.05) is 23.8 Å². The number of hydrogen-bond donors (Lipinski definition) is 0.